The number of aliphatic imine (C=N–C) groups is 1. The van der Waals surface area contributed by atoms with Crippen LogP contribution in [0.1, 0.15) is 27.0 Å². The van der Waals surface area contributed by atoms with Crippen molar-refractivity contribution in [1.29, 1.82) is 0 Å². The van der Waals surface area contributed by atoms with Gasteiger partial charge in [-0.3, -0.25) is 9.79 Å². The van der Waals surface area contributed by atoms with E-state index in [1.165, 1.54) is 18.2 Å². The van der Waals surface area contributed by atoms with E-state index in [1.807, 2.05) is 32.0 Å². The Kier molecular flexibility index (Phi) is 6.67. The lowest BCUT2D eigenvalue weighted by Crippen LogP contribution is -2.20. The molecule has 0 saturated carbocycles. The number of aromatic carboxylic acids is 1. The smallest absolute Gasteiger partial charge is 0.339 e. The third kappa shape index (κ3) is 5.93. The molecule has 0 unspecified atom stereocenters. The number of anilines is 1. The van der Waals surface area contributed by atoms with E-state index in [2.05, 4.69) is 10.3 Å². The molecule has 7 nitrogen and oxygen atoms in total. The lowest BCUT2D eigenvalue weighted by atomic mass is 10.1. The van der Waals surface area contributed by atoms with E-state index >= 15 is 0 Å². The van der Waals surface area contributed by atoms with Gasteiger partial charge in [0.2, 0.25) is 0 Å². The second kappa shape index (κ2) is 9.58. The van der Waals surface area contributed by atoms with Gasteiger partial charge in [-0.15, -0.1) is 0 Å². The van der Waals surface area contributed by atoms with Gasteiger partial charge in [0.15, 0.2) is 6.61 Å². The monoisotopic (exact) mass is 418 g/mol. The van der Waals surface area contributed by atoms with E-state index in [9.17, 15) is 14.7 Å². The molecule has 3 aromatic rings. The molecule has 0 atom stereocenters. The molecule has 3 rings (SSSR count). The molecule has 0 aliphatic heterocycles. The Hall–Kier alpha value is -4.13. The van der Waals surface area contributed by atoms with E-state index in [0.717, 1.165) is 11.1 Å². The van der Waals surface area contributed by atoms with E-state index in [0.29, 0.717) is 22.7 Å². The van der Waals surface area contributed by atoms with Gasteiger partial charge in [-0.25, -0.2) is 4.79 Å². The number of ether oxygens (including phenoxy) is 1. The van der Waals surface area contributed by atoms with Gasteiger partial charge < -0.3 is 20.3 Å². The standard InChI is InChI=1S/C24H22N2O5/c1-15-6-7-19(10-16(15)2)26-23(28)14-31-20-5-3-4-17(11-20)13-25-18-8-9-22(27)21(12-18)24(29)30/h3-13,27H,14H2,1-2H3,(H,26,28)(H,29,30). The van der Waals surface area contributed by atoms with Crippen molar-refractivity contribution in [3.63, 3.8) is 0 Å². The molecule has 0 heterocycles. The molecular formula is C24H22N2O5. The Labute approximate surface area is 179 Å². The molecule has 0 fully saturated rings. The van der Waals surface area contributed by atoms with Crippen LogP contribution in [0, 0.1) is 13.8 Å². The second-order valence-corrected chi connectivity index (χ2v) is 6.97. The number of amides is 1. The molecule has 0 radical (unpaired) electrons. The molecule has 158 valence electrons. The number of benzene rings is 3. The highest BCUT2D eigenvalue weighted by Crippen LogP contribution is 2.23. The number of carboxylic acids is 1. The van der Waals surface area contributed by atoms with Crippen LogP contribution in [-0.2, 0) is 4.79 Å². The predicted octanol–water partition coefficient (Wildman–Crippen LogP) is 4.48. The van der Waals surface area contributed by atoms with E-state index in [-0.39, 0.29) is 23.8 Å². The first-order chi connectivity index (χ1) is 14.8. The summed E-state index contributed by atoms with van der Waals surface area (Å²) in [5.74, 6) is -1.33. The number of rotatable bonds is 7. The maximum Gasteiger partial charge on any atom is 0.339 e. The first-order valence-corrected chi connectivity index (χ1v) is 9.52. The number of carbonyl (C=O) groups is 2. The summed E-state index contributed by atoms with van der Waals surface area (Å²) >= 11 is 0. The molecule has 0 saturated heterocycles. The minimum Gasteiger partial charge on any atom is -0.507 e. The number of phenols is 1. The zero-order chi connectivity index (χ0) is 22.4. The summed E-state index contributed by atoms with van der Waals surface area (Å²) in [6.07, 6.45) is 1.54. The Bertz CT molecular complexity index is 1150. The Balaban J connectivity index is 1.61. The topological polar surface area (TPSA) is 108 Å². The summed E-state index contributed by atoms with van der Waals surface area (Å²) in [7, 11) is 0. The number of nitrogens with zero attached hydrogens (tertiary/aromatic N) is 1. The third-order valence-corrected chi connectivity index (χ3v) is 4.59. The fourth-order valence-electron chi connectivity index (χ4n) is 2.77. The minimum absolute atomic E-state index is 0.145. The molecule has 3 N–H and O–H groups in total. The lowest BCUT2D eigenvalue weighted by Gasteiger charge is -2.09. The van der Waals surface area contributed by atoms with Crippen molar-refractivity contribution in [1.82, 2.24) is 0 Å². The minimum atomic E-state index is -1.23. The molecule has 31 heavy (non-hydrogen) atoms. The van der Waals surface area contributed by atoms with Crippen LogP contribution >= 0.6 is 0 Å². The van der Waals surface area contributed by atoms with Gasteiger partial charge in [0.25, 0.3) is 5.91 Å². The van der Waals surface area contributed by atoms with Crippen molar-refractivity contribution >= 4 is 29.5 Å². The van der Waals surface area contributed by atoms with Gasteiger partial charge in [-0.1, -0.05) is 18.2 Å². The summed E-state index contributed by atoms with van der Waals surface area (Å²) in [5.41, 5.74) is 3.83. The first-order valence-electron chi connectivity index (χ1n) is 9.52. The van der Waals surface area contributed by atoms with E-state index in [4.69, 9.17) is 9.84 Å². The predicted molar refractivity (Wildman–Crippen MR) is 119 cm³/mol. The average molecular weight is 418 g/mol. The van der Waals surface area contributed by atoms with Crippen LogP contribution in [0.3, 0.4) is 0 Å². The Morgan fingerprint density at radius 2 is 1.84 bits per heavy atom. The largest absolute Gasteiger partial charge is 0.507 e. The number of hydrogen-bond acceptors (Lipinski definition) is 5. The Morgan fingerprint density at radius 1 is 1.03 bits per heavy atom. The fraction of sp³-hybridized carbons (Fsp3) is 0.125. The number of carbonyl (C=O) groups excluding carboxylic acids is 1. The first kappa shape index (κ1) is 21.6. The summed E-state index contributed by atoms with van der Waals surface area (Å²) < 4.78 is 5.57. The maximum atomic E-state index is 12.2. The van der Waals surface area contributed by atoms with Crippen LogP contribution < -0.4 is 10.1 Å². The van der Waals surface area contributed by atoms with Crippen molar-refractivity contribution in [3.05, 3.63) is 82.9 Å². The molecule has 0 aromatic heterocycles. The summed E-state index contributed by atoms with van der Waals surface area (Å²) in [6, 6.07) is 16.8. The molecule has 1 amide bonds. The molecule has 0 aliphatic rings. The van der Waals surface area contributed by atoms with E-state index < -0.39 is 5.97 Å². The number of hydrogen-bond donors (Lipinski definition) is 3. The van der Waals surface area contributed by atoms with Crippen LogP contribution in [0.5, 0.6) is 11.5 Å². The van der Waals surface area contributed by atoms with Gasteiger partial charge in [0, 0.05) is 11.9 Å². The van der Waals surface area contributed by atoms with Crippen molar-refractivity contribution < 1.29 is 24.5 Å². The number of carboxylic acid groups (broad SMARTS) is 1. The highest BCUT2D eigenvalue weighted by atomic mass is 16.5. The number of aryl methyl sites for hydroxylation is 2. The van der Waals surface area contributed by atoms with Gasteiger partial charge in [0.1, 0.15) is 17.1 Å². The normalized spacial score (nSPS) is 10.8. The third-order valence-electron chi connectivity index (χ3n) is 4.59. The zero-order valence-corrected chi connectivity index (χ0v) is 17.1. The van der Waals surface area contributed by atoms with Crippen LogP contribution in [0.15, 0.2) is 65.7 Å². The lowest BCUT2D eigenvalue weighted by molar-refractivity contribution is -0.118. The molecule has 0 aliphatic carbocycles. The summed E-state index contributed by atoms with van der Waals surface area (Å²) in [4.78, 5) is 27.5. The van der Waals surface area contributed by atoms with Crippen molar-refractivity contribution in [2.24, 2.45) is 4.99 Å². The maximum absolute atomic E-state index is 12.2. The zero-order valence-electron chi connectivity index (χ0n) is 17.1. The van der Waals surface area contributed by atoms with Crippen molar-refractivity contribution in [2.75, 3.05) is 11.9 Å². The van der Waals surface area contributed by atoms with Gasteiger partial charge in [-0.2, -0.15) is 0 Å². The molecule has 0 spiro atoms. The second-order valence-electron chi connectivity index (χ2n) is 6.97. The van der Waals surface area contributed by atoms with Crippen LogP contribution in [-0.4, -0.2) is 34.9 Å². The highest BCUT2D eigenvalue weighted by molar-refractivity contribution is 5.93. The average Bonchev–Trinajstić information content (AvgIpc) is 2.74. The Morgan fingerprint density at radius 3 is 2.58 bits per heavy atom. The number of aromatic hydroxyl groups is 1. The van der Waals surface area contributed by atoms with Crippen molar-refractivity contribution in [3.8, 4) is 11.5 Å². The number of nitrogens with one attached hydrogen (secondary N) is 1. The van der Waals surface area contributed by atoms with Crippen LogP contribution in [0.4, 0.5) is 11.4 Å². The summed E-state index contributed by atoms with van der Waals surface area (Å²) in [6.45, 7) is 3.84. The van der Waals surface area contributed by atoms with E-state index in [1.54, 1.807) is 30.5 Å². The quantitative estimate of drug-likeness (QED) is 0.491. The van der Waals surface area contributed by atoms with Crippen LogP contribution in [0.2, 0.25) is 0 Å². The van der Waals surface area contributed by atoms with Gasteiger partial charge in [0.05, 0.1) is 5.69 Å². The highest BCUT2D eigenvalue weighted by Gasteiger charge is 2.09. The fourth-order valence-corrected chi connectivity index (χ4v) is 2.77. The molecular weight excluding hydrogens is 396 g/mol. The molecule has 7 heteroatoms. The van der Waals surface area contributed by atoms with Gasteiger partial charge >= 0.3 is 5.97 Å². The van der Waals surface area contributed by atoms with Crippen LogP contribution in [0.25, 0.3) is 0 Å². The molecule has 0 bridgehead atoms. The van der Waals surface area contributed by atoms with Crippen molar-refractivity contribution in [2.45, 2.75) is 13.8 Å². The molecule has 3 aromatic carbocycles. The SMILES string of the molecule is Cc1ccc(NC(=O)COc2cccc(C=Nc3ccc(O)c(C(=O)O)c3)c2)cc1C. The van der Waals surface area contributed by atoms with Gasteiger partial charge in [-0.05, 0) is 73.0 Å². The summed E-state index contributed by atoms with van der Waals surface area (Å²) in [5, 5.41) is 21.4.